The molecule has 0 saturated carbocycles. The summed E-state index contributed by atoms with van der Waals surface area (Å²) in [5.74, 6) is -0.621. The zero-order valence-corrected chi connectivity index (χ0v) is 19.7. The molecule has 176 valence electrons. The molecule has 1 aromatic carbocycles. The smallest absolute Gasteiger partial charge is 0.251 e. The highest BCUT2D eigenvalue weighted by atomic mass is 16.5. The Labute approximate surface area is 190 Å². The number of hydrogen-bond donors (Lipinski definition) is 3. The highest BCUT2D eigenvalue weighted by Crippen LogP contribution is 2.25. The van der Waals surface area contributed by atoms with Crippen LogP contribution in [0.2, 0.25) is 0 Å². The summed E-state index contributed by atoms with van der Waals surface area (Å²) in [6, 6.07) is 6.10. The van der Waals surface area contributed by atoms with Gasteiger partial charge in [-0.1, -0.05) is 13.8 Å². The lowest BCUT2D eigenvalue weighted by Gasteiger charge is -2.44. The number of ether oxygens (including phenoxy) is 1. The van der Waals surface area contributed by atoms with Crippen molar-refractivity contribution in [2.75, 3.05) is 31.1 Å². The molecule has 2 fully saturated rings. The summed E-state index contributed by atoms with van der Waals surface area (Å²) >= 11 is 0. The predicted octanol–water partition coefficient (Wildman–Crippen LogP) is 1.49. The SMILES string of the molecule is CC(C)CC(NC(=O)c1ccc(N2CCNCC2(C)C)cc1)C(=O)N[C@@H]1C(=O)CO[C@@H]1C. The van der Waals surface area contributed by atoms with Crippen LogP contribution in [0.15, 0.2) is 24.3 Å². The Morgan fingerprint density at radius 3 is 2.50 bits per heavy atom. The van der Waals surface area contributed by atoms with Gasteiger partial charge in [-0.3, -0.25) is 14.4 Å². The van der Waals surface area contributed by atoms with Gasteiger partial charge in [0, 0.05) is 36.4 Å². The second kappa shape index (κ2) is 10.0. The minimum Gasteiger partial charge on any atom is -0.368 e. The number of carbonyl (C=O) groups excluding carboxylic acids is 3. The Bertz CT molecular complexity index is 837. The fourth-order valence-electron chi connectivity index (χ4n) is 4.31. The molecule has 2 saturated heterocycles. The molecule has 32 heavy (non-hydrogen) atoms. The van der Waals surface area contributed by atoms with E-state index in [1.807, 2.05) is 26.0 Å². The molecule has 0 aromatic heterocycles. The van der Waals surface area contributed by atoms with Crippen LogP contribution in [0.3, 0.4) is 0 Å². The number of nitrogens with zero attached hydrogens (tertiary/aromatic N) is 1. The lowest BCUT2D eigenvalue weighted by atomic mass is 9.98. The van der Waals surface area contributed by atoms with Gasteiger partial charge in [0.15, 0.2) is 5.78 Å². The first-order chi connectivity index (χ1) is 15.1. The molecule has 2 amide bonds. The fourth-order valence-corrected chi connectivity index (χ4v) is 4.31. The summed E-state index contributed by atoms with van der Waals surface area (Å²) < 4.78 is 5.31. The van der Waals surface area contributed by atoms with Crippen molar-refractivity contribution in [3.63, 3.8) is 0 Å². The Balaban J connectivity index is 1.68. The van der Waals surface area contributed by atoms with E-state index in [1.165, 1.54) is 0 Å². The van der Waals surface area contributed by atoms with Crippen molar-refractivity contribution < 1.29 is 19.1 Å². The van der Waals surface area contributed by atoms with Gasteiger partial charge >= 0.3 is 0 Å². The first-order valence-corrected chi connectivity index (χ1v) is 11.4. The minimum absolute atomic E-state index is 0.00353. The van der Waals surface area contributed by atoms with Crippen molar-refractivity contribution >= 4 is 23.3 Å². The Morgan fingerprint density at radius 2 is 1.94 bits per heavy atom. The quantitative estimate of drug-likeness (QED) is 0.589. The van der Waals surface area contributed by atoms with Crippen LogP contribution in [-0.2, 0) is 14.3 Å². The normalized spacial score (nSPS) is 23.8. The Hall–Kier alpha value is -2.45. The van der Waals surface area contributed by atoms with Crippen LogP contribution < -0.4 is 20.9 Å². The van der Waals surface area contributed by atoms with Gasteiger partial charge in [-0.2, -0.15) is 0 Å². The van der Waals surface area contributed by atoms with E-state index in [0.29, 0.717) is 12.0 Å². The Kier molecular flexibility index (Phi) is 7.56. The molecule has 3 atom stereocenters. The molecule has 1 aromatic rings. The van der Waals surface area contributed by atoms with E-state index in [0.717, 1.165) is 25.3 Å². The molecule has 8 heteroatoms. The standard InChI is InChI=1S/C24H36N4O4/c1-15(2)12-19(23(31)27-21-16(3)32-13-20(21)29)26-22(30)17-6-8-18(9-7-17)28-11-10-25-14-24(28,4)5/h6-9,15-16,19,21,25H,10-14H2,1-5H3,(H,26,30)(H,27,31)/t16-,19?,21+/m1/s1. The van der Waals surface area contributed by atoms with Crippen molar-refractivity contribution in [3.8, 4) is 0 Å². The van der Waals surface area contributed by atoms with E-state index in [4.69, 9.17) is 4.74 Å². The number of carbonyl (C=O) groups is 3. The van der Waals surface area contributed by atoms with Gasteiger partial charge < -0.3 is 25.6 Å². The largest absolute Gasteiger partial charge is 0.368 e. The monoisotopic (exact) mass is 444 g/mol. The lowest BCUT2D eigenvalue weighted by Crippen LogP contribution is -2.58. The first kappa shape index (κ1) is 24.2. The average molecular weight is 445 g/mol. The van der Waals surface area contributed by atoms with E-state index >= 15 is 0 Å². The minimum atomic E-state index is -0.727. The molecule has 2 aliphatic heterocycles. The molecular formula is C24H36N4O4. The molecule has 1 unspecified atom stereocenters. The summed E-state index contributed by atoms with van der Waals surface area (Å²) in [5.41, 5.74) is 1.55. The molecular weight excluding hydrogens is 408 g/mol. The maximum Gasteiger partial charge on any atom is 0.251 e. The van der Waals surface area contributed by atoms with Crippen molar-refractivity contribution in [1.29, 1.82) is 0 Å². The number of piperazine rings is 1. The van der Waals surface area contributed by atoms with Crippen LogP contribution >= 0.6 is 0 Å². The molecule has 8 nitrogen and oxygen atoms in total. The molecule has 0 bridgehead atoms. The third kappa shape index (κ3) is 5.66. The summed E-state index contributed by atoms with van der Waals surface area (Å²) in [7, 11) is 0. The van der Waals surface area contributed by atoms with Gasteiger partial charge in [0.1, 0.15) is 18.7 Å². The van der Waals surface area contributed by atoms with Crippen molar-refractivity contribution in [1.82, 2.24) is 16.0 Å². The van der Waals surface area contributed by atoms with Crippen LogP contribution in [-0.4, -0.2) is 67.6 Å². The predicted molar refractivity (Wildman–Crippen MR) is 124 cm³/mol. The van der Waals surface area contributed by atoms with E-state index < -0.39 is 12.1 Å². The number of hydrogen-bond acceptors (Lipinski definition) is 6. The van der Waals surface area contributed by atoms with Crippen LogP contribution in [0.1, 0.15) is 51.4 Å². The van der Waals surface area contributed by atoms with Crippen LogP contribution in [0.5, 0.6) is 0 Å². The summed E-state index contributed by atoms with van der Waals surface area (Å²) in [6.07, 6.45) is 0.101. The summed E-state index contributed by atoms with van der Waals surface area (Å²) in [5, 5.41) is 9.03. The number of ketones is 1. The number of amides is 2. The fraction of sp³-hybridized carbons (Fsp3) is 0.625. The number of Topliss-reactive ketones (excluding diaryl/α,β-unsaturated/α-hetero) is 1. The van der Waals surface area contributed by atoms with Crippen molar-refractivity contribution in [2.45, 2.75) is 64.8 Å². The third-order valence-corrected chi connectivity index (χ3v) is 6.17. The van der Waals surface area contributed by atoms with Gasteiger partial charge in [0.25, 0.3) is 5.91 Å². The first-order valence-electron chi connectivity index (χ1n) is 11.4. The lowest BCUT2D eigenvalue weighted by molar-refractivity contribution is -0.127. The van der Waals surface area contributed by atoms with Crippen LogP contribution in [0.25, 0.3) is 0 Å². The van der Waals surface area contributed by atoms with Gasteiger partial charge in [0.2, 0.25) is 5.91 Å². The molecule has 2 heterocycles. The maximum atomic E-state index is 12.9. The Morgan fingerprint density at radius 1 is 1.25 bits per heavy atom. The number of benzene rings is 1. The van der Waals surface area contributed by atoms with E-state index in [2.05, 4.69) is 34.7 Å². The highest BCUT2D eigenvalue weighted by molar-refractivity contribution is 5.99. The van der Waals surface area contributed by atoms with Gasteiger partial charge in [0.05, 0.1) is 6.10 Å². The molecule has 2 aliphatic rings. The zero-order chi connectivity index (χ0) is 23.5. The number of nitrogens with one attached hydrogen (secondary N) is 3. The molecule has 0 spiro atoms. The number of anilines is 1. The average Bonchev–Trinajstić information content (AvgIpc) is 3.04. The molecule has 0 radical (unpaired) electrons. The third-order valence-electron chi connectivity index (χ3n) is 6.17. The van der Waals surface area contributed by atoms with E-state index in [9.17, 15) is 14.4 Å². The van der Waals surface area contributed by atoms with Gasteiger partial charge in [-0.25, -0.2) is 0 Å². The summed E-state index contributed by atoms with van der Waals surface area (Å²) in [4.78, 5) is 40.1. The van der Waals surface area contributed by atoms with E-state index in [-0.39, 0.29) is 41.8 Å². The molecule has 3 rings (SSSR count). The highest BCUT2D eigenvalue weighted by Gasteiger charge is 2.36. The molecule has 3 N–H and O–H groups in total. The summed E-state index contributed by atoms with van der Waals surface area (Å²) in [6.45, 7) is 12.8. The van der Waals surface area contributed by atoms with Crippen LogP contribution in [0, 0.1) is 5.92 Å². The molecule has 0 aliphatic carbocycles. The topological polar surface area (TPSA) is 99.8 Å². The number of rotatable bonds is 7. The van der Waals surface area contributed by atoms with E-state index in [1.54, 1.807) is 19.1 Å². The van der Waals surface area contributed by atoms with Crippen molar-refractivity contribution in [3.05, 3.63) is 29.8 Å². The maximum absolute atomic E-state index is 12.9. The second-order valence-electron chi connectivity index (χ2n) is 9.81. The van der Waals surface area contributed by atoms with Gasteiger partial charge in [-0.15, -0.1) is 0 Å². The van der Waals surface area contributed by atoms with Crippen LogP contribution in [0.4, 0.5) is 5.69 Å². The van der Waals surface area contributed by atoms with Crippen molar-refractivity contribution in [2.24, 2.45) is 5.92 Å². The zero-order valence-electron chi connectivity index (χ0n) is 19.7. The second-order valence-corrected chi connectivity index (χ2v) is 9.81. The van der Waals surface area contributed by atoms with Gasteiger partial charge in [-0.05, 0) is 57.4 Å².